The van der Waals surface area contributed by atoms with E-state index in [1.54, 1.807) is 0 Å². The number of aliphatic carboxylic acids is 1. The van der Waals surface area contributed by atoms with Crippen molar-refractivity contribution in [1.29, 1.82) is 0 Å². The summed E-state index contributed by atoms with van der Waals surface area (Å²) >= 11 is 5.81. The molecule has 0 amide bonds. The molecular formula is C10H11ClO5. The van der Waals surface area contributed by atoms with Gasteiger partial charge in [-0.2, -0.15) is 0 Å². The molecule has 6 heteroatoms. The van der Waals surface area contributed by atoms with Crippen molar-refractivity contribution in [3.8, 4) is 17.2 Å². The van der Waals surface area contributed by atoms with Gasteiger partial charge < -0.3 is 19.3 Å². The fourth-order valence-electron chi connectivity index (χ4n) is 1.12. The van der Waals surface area contributed by atoms with Gasteiger partial charge in [-0.1, -0.05) is 11.6 Å². The van der Waals surface area contributed by atoms with E-state index >= 15 is 0 Å². The highest BCUT2D eigenvalue weighted by atomic mass is 35.5. The van der Waals surface area contributed by atoms with Crippen LogP contribution in [0.1, 0.15) is 0 Å². The van der Waals surface area contributed by atoms with Crippen LogP contribution in [0.15, 0.2) is 12.1 Å². The van der Waals surface area contributed by atoms with Gasteiger partial charge in [-0.15, -0.1) is 0 Å². The monoisotopic (exact) mass is 246 g/mol. The molecule has 5 nitrogen and oxygen atoms in total. The SMILES string of the molecule is COc1cc(Cl)cc(OC)c1OCC(=O)O. The third kappa shape index (κ3) is 2.93. The number of methoxy groups -OCH3 is 2. The normalized spacial score (nSPS) is 9.69. The summed E-state index contributed by atoms with van der Waals surface area (Å²) in [4.78, 5) is 10.4. The zero-order chi connectivity index (χ0) is 12.1. The Morgan fingerprint density at radius 1 is 1.31 bits per heavy atom. The number of carboxylic acid groups (broad SMARTS) is 1. The van der Waals surface area contributed by atoms with Crippen LogP contribution in [0.4, 0.5) is 0 Å². The predicted molar refractivity (Wildman–Crippen MR) is 57.7 cm³/mol. The van der Waals surface area contributed by atoms with Crippen LogP contribution in [0, 0.1) is 0 Å². The van der Waals surface area contributed by atoms with Gasteiger partial charge in [0.05, 0.1) is 14.2 Å². The molecule has 0 aliphatic heterocycles. The Kier molecular flexibility index (Phi) is 4.25. The second kappa shape index (κ2) is 5.46. The fourth-order valence-corrected chi connectivity index (χ4v) is 1.32. The summed E-state index contributed by atoms with van der Waals surface area (Å²) < 4.78 is 15.1. The Hall–Kier alpha value is -1.62. The molecule has 1 aromatic rings. The van der Waals surface area contributed by atoms with Crippen LogP contribution in [0.25, 0.3) is 0 Å². The van der Waals surface area contributed by atoms with Gasteiger partial charge in [0.25, 0.3) is 0 Å². The average molecular weight is 247 g/mol. The lowest BCUT2D eigenvalue weighted by Gasteiger charge is -2.13. The first-order valence-corrected chi connectivity index (χ1v) is 4.72. The molecule has 0 spiro atoms. The maximum Gasteiger partial charge on any atom is 0.341 e. The number of carbonyl (C=O) groups is 1. The zero-order valence-electron chi connectivity index (χ0n) is 8.82. The second-order valence-electron chi connectivity index (χ2n) is 2.82. The molecule has 0 aliphatic carbocycles. The van der Waals surface area contributed by atoms with E-state index in [4.69, 9.17) is 30.9 Å². The van der Waals surface area contributed by atoms with Crippen LogP contribution in [-0.2, 0) is 4.79 Å². The van der Waals surface area contributed by atoms with Crippen molar-refractivity contribution in [3.05, 3.63) is 17.2 Å². The molecule has 88 valence electrons. The molecule has 0 aliphatic rings. The van der Waals surface area contributed by atoms with Crippen LogP contribution >= 0.6 is 11.6 Å². The second-order valence-corrected chi connectivity index (χ2v) is 3.26. The predicted octanol–water partition coefficient (Wildman–Crippen LogP) is 1.82. The lowest BCUT2D eigenvalue weighted by Crippen LogP contribution is -2.10. The number of halogens is 1. The minimum Gasteiger partial charge on any atom is -0.493 e. The molecule has 0 bridgehead atoms. The average Bonchev–Trinajstić information content (AvgIpc) is 2.25. The maximum atomic E-state index is 10.4. The highest BCUT2D eigenvalue weighted by Crippen LogP contribution is 2.39. The maximum absolute atomic E-state index is 10.4. The van der Waals surface area contributed by atoms with Crippen LogP contribution in [-0.4, -0.2) is 31.9 Å². The third-order valence-electron chi connectivity index (χ3n) is 1.77. The van der Waals surface area contributed by atoms with Crippen LogP contribution in [0.5, 0.6) is 17.2 Å². The number of hydrogen-bond donors (Lipinski definition) is 1. The quantitative estimate of drug-likeness (QED) is 0.859. The minimum absolute atomic E-state index is 0.219. The molecule has 0 unspecified atom stereocenters. The third-order valence-corrected chi connectivity index (χ3v) is 1.98. The van der Waals surface area contributed by atoms with Crippen molar-refractivity contribution in [3.63, 3.8) is 0 Å². The van der Waals surface area contributed by atoms with Crippen molar-refractivity contribution in [1.82, 2.24) is 0 Å². The number of ether oxygens (including phenoxy) is 3. The molecule has 0 heterocycles. The summed E-state index contributed by atoms with van der Waals surface area (Å²) in [5.41, 5.74) is 0. The summed E-state index contributed by atoms with van der Waals surface area (Å²) in [6, 6.07) is 3.03. The van der Waals surface area contributed by atoms with Crippen molar-refractivity contribution in [2.75, 3.05) is 20.8 Å². The van der Waals surface area contributed by atoms with E-state index in [9.17, 15) is 4.79 Å². The first kappa shape index (κ1) is 12.4. The Bertz CT molecular complexity index is 366. The Morgan fingerprint density at radius 3 is 2.19 bits per heavy atom. The first-order chi connectivity index (χ1) is 7.58. The topological polar surface area (TPSA) is 65.0 Å². The van der Waals surface area contributed by atoms with Gasteiger partial charge in [-0.3, -0.25) is 0 Å². The smallest absolute Gasteiger partial charge is 0.341 e. The van der Waals surface area contributed by atoms with E-state index in [2.05, 4.69) is 0 Å². The molecule has 0 atom stereocenters. The largest absolute Gasteiger partial charge is 0.493 e. The molecule has 0 fully saturated rings. The Labute approximate surface area is 97.5 Å². The number of hydrogen-bond acceptors (Lipinski definition) is 4. The number of rotatable bonds is 5. The van der Waals surface area contributed by atoms with Crippen molar-refractivity contribution in [2.45, 2.75) is 0 Å². The number of carboxylic acids is 1. The highest BCUT2D eigenvalue weighted by Gasteiger charge is 2.14. The molecule has 0 aromatic heterocycles. The van der Waals surface area contributed by atoms with E-state index in [0.29, 0.717) is 16.5 Å². The van der Waals surface area contributed by atoms with E-state index in [1.165, 1.54) is 26.4 Å². The lowest BCUT2D eigenvalue weighted by atomic mass is 10.3. The van der Waals surface area contributed by atoms with E-state index in [-0.39, 0.29) is 5.75 Å². The van der Waals surface area contributed by atoms with Crippen molar-refractivity contribution in [2.24, 2.45) is 0 Å². The van der Waals surface area contributed by atoms with Crippen LogP contribution < -0.4 is 14.2 Å². The lowest BCUT2D eigenvalue weighted by molar-refractivity contribution is -0.139. The fraction of sp³-hybridized carbons (Fsp3) is 0.300. The van der Waals surface area contributed by atoms with Gasteiger partial charge in [0.2, 0.25) is 5.75 Å². The summed E-state index contributed by atoms with van der Waals surface area (Å²) in [6.45, 7) is -0.478. The molecule has 1 aromatic carbocycles. The molecular weight excluding hydrogens is 236 g/mol. The van der Waals surface area contributed by atoms with E-state index in [0.717, 1.165) is 0 Å². The summed E-state index contributed by atoms with van der Waals surface area (Å²) in [6.07, 6.45) is 0. The molecule has 16 heavy (non-hydrogen) atoms. The van der Waals surface area contributed by atoms with Gasteiger partial charge in [0, 0.05) is 17.2 Å². The molecule has 1 N–H and O–H groups in total. The summed E-state index contributed by atoms with van der Waals surface area (Å²) in [5.74, 6) is -0.216. The Balaban J connectivity index is 3.06. The highest BCUT2D eigenvalue weighted by molar-refractivity contribution is 6.31. The molecule has 0 saturated carbocycles. The van der Waals surface area contributed by atoms with Crippen molar-refractivity contribution < 1.29 is 24.1 Å². The van der Waals surface area contributed by atoms with Crippen LogP contribution in [0.3, 0.4) is 0 Å². The summed E-state index contributed by atoms with van der Waals surface area (Å²) in [7, 11) is 2.86. The first-order valence-electron chi connectivity index (χ1n) is 4.34. The van der Waals surface area contributed by atoms with E-state index < -0.39 is 12.6 Å². The van der Waals surface area contributed by atoms with Gasteiger partial charge in [-0.25, -0.2) is 4.79 Å². The van der Waals surface area contributed by atoms with Gasteiger partial charge in [0.1, 0.15) is 0 Å². The van der Waals surface area contributed by atoms with E-state index in [1.807, 2.05) is 0 Å². The molecule has 1 rings (SSSR count). The number of benzene rings is 1. The van der Waals surface area contributed by atoms with Crippen molar-refractivity contribution >= 4 is 17.6 Å². The van der Waals surface area contributed by atoms with Gasteiger partial charge >= 0.3 is 5.97 Å². The van der Waals surface area contributed by atoms with Gasteiger partial charge in [0.15, 0.2) is 18.1 Å². The summed E-state index contributed by atoms with van der Waals surface area (Å²) in [5, 5.41) is 8.94. The molecule has 0 saturated heterocycles. The van der Waals surface area contributed by atoms with Crippen LogP contribution in [0.2, 0.25) is 5.02 Å². The standard InChI is InChI=1S/C10H11ClO5/c1-14-7-3-6(11)4-8(15-2)10(7)16-5-9(12)13/h3-4H,5H2,1-2H3,(H,12,13). The van der Waals surface area contributed by atoms with Gasteiger partial charge in [-0.05, 0) is 0 Å². The zero-order valence-corrected chi connectivity index (χ0v) is 9.58. The Morgan fingerprint density at radius 2 is 1.81 bits per heavy atom. The minimum atomic E-state index is -1.08. The molecule has 0 radical (unpaired) electrons.